The molecule has 1 atom stereocenters. The Balaban J connectivity index is 2.55. The lowest BCUT2D eigenvalue weighted by molar-refractivity contribution is -0.143. The first-order valence-electron chi connectivity index (χ1n) is 6.34. The minimum absolute atomic E-state index is 0.121. The minimum atomic E-state index is -0.934. The minimum Gasteiger partial charge on any atom is -0.484 e. The monoisotopic (exact) mass is 277 g/mol. The van der Waals surface area contributed by atoms with Crippen LogP contribution in [0.25, 0.3) is 0 Å². The lowest BCUT2D eigenvalue weighted by Crippen LogP contribution is -2.39. The van der Waals surface area contributed by atoms with Crippen LogP contribution in [0.15, 0.2) is 43.0 Å². The Bertz CT molecular complexity index is 458. The standard InChI is InChI=1S/C15H19NO4/c1-3-9-16(10-12(2)15(18)19)14(17)11-20-13-7-5-4-6-8-13/h3-8,12H,1,9-11H2,2H3,(H,18,19). The van der Waals surface area contributed by atoms with Gasteiger partial charge in [0, 0.05) is 13.1 Å². The zero-order valence-electron chi connectivity index (χ0n) is 11.5. The van der Waals surface area contributed by atoms with Crippen LogP contribution in [0.1, 0.15) is 6.92 Å². The average Bonchev–Trinajstić information content (AvgIpc) is 2.45. The summed E-state index contributed by atoms with van der Waals surface area (Å²) in [6.07, 6.45) is 1.56. The summed E-state index contributed by atoms with van der Waals surface area (Å²) in [5, 5.41) is 8.89. The van der Waals surface area contributed by atoms with E-state index in [1.807, 2.05) is 18.2 Å². The Morgan fingerprint density at radius 2 is 2.05 bits per heavy atom. The number of hydrogen-bond donors (Lipinski definition) is 1. The van der Waals surface area contributed by atoms with Crippen LogP contribution in [-0.4, -0.2) is 41.6 Å². The number of amides is 1. The van der Waals surface area contributed by atoms with Crippen molar-refractivity contribution in [2.45, 2.75) is 6.92 Å². The number of carboxylic acid groups (broad SMARTS) is 1. The first kappa shape index (κ1) is 15.8. The van der Waals surface area contributed by atoms with Crippen LogP contribution < -0.4 is 4.74 Å². The molecule has 5 nitrogen and oxygen atoms in total. The van der Waals surface area contributed by atoms with Gasteiger partial charge in [-0.2, -0.15) is 0 Å². The van der Waals surface area contributed by atoms with Gasteiger partial charge in [-0.3, -0.25) is 9.59 Å². The fourth-order valence-corrected chi connectivity index (χ4v) is 1.60. The Morgan fingerprint density at radius 1 is 1.40 bits per heavy atom. The molecule has 0 heterocycles. The van der Waals surface area contributed by atoms with Crippen molar-refractivity contribution in [3.05, 3.63) is 43.0 Å². The van der Waals surface area contributed by atoms with Crippen LogP contribution >= 0.6 is 0 Å². The van der Waals surface area contributed by atoms with E-state index in [0.29, 0.717) is 12.3 Å². The maximum atomic E-state index is 12.0. The number of carboxylic acids is 1. The molecule has 1 amide bonds. The van der Waals surface area contributed by atoms with Gasteiger partial charge in [0.05, 0.1) is 5.92 Å². The van der Waals surface area contributed by atoms with Crippen molar-refractivity contribution in [2.24, 2.45) is 5.92 Å². The SMILES string of the molecule is C=CCN(CC(C)C(=O)O)C(=O)COc1ccccc1. The molecule has 0 bridgehead atoms. The molecule has 0 saturated heterocycles. The number of benzene rings is 1. The van der Waals surface area contributed by atoms with Gasteiger partial charge in [-0.25, -0.2) is 0 Å². The van der Waals surface area contributed by atoms with Gasteiger partial charge >= 0.3 is 5.97 Å². The van der Waals surface area contributed by atoms with Gasteiger partial charge in [0.1, 0.15) is 5.75 Å². The van der Waals surface area contributed by atoms with Crippen LogP contribution in [0.5, 0.6) is 5.75 Å². The second kappa shape index (κ2) is 7.99. The number of ether oxygens (including phenoxy) is 1. The molecule has 1 rings (SSSR count). The lowest BCUT2D eigenvalue weighted by atomic mass is 10.1. The molecule has 5 heteroatoms. The number of carbonyl (C=O) groups excluding carboxylic acids is 1. The first-order chi connectivity index (χ1) is 9.54. The topological polar surface area (TPSA) is 66.8 Å². The van der Waals surface area contributed by atoms with Crippen LogP contribution in [0.4, 0.5) is 0 Å². The van der Waals surface area contributed by atoms with Gasteiger partial charge in [0.25, 0.3) is 5.91 Å². The van der Waals surface area contributed by atoms with E-state index < -0.39 is 11.9 Å². The fourth-order valence-electron chi connectivity index (χ4n) is 1.60. The van der Waals surface area contributed by atoms with Gasteiger partial charge in [-0.1, -0.05) is 31.2 Å². The summed E-state index contributed by atoms with van der Waals surface area (Å²) < 4.78 is 5.36. The third-order valence-electron chi connectivity index (χ3n) is 2.72. The second-order valence-corrected chi connectivity index (χ2v) is 4.43. The van der Waals surface area contributed by atoms with E-state index in [1.165, 1.54) is 4.90 Å². The molecule has 0 aliphatic heterocycles. The highest BCUT2D eigenvalue weighted by molar-refractivity contribution is 5.79. The second-order valence-electron chi connectivity index (χ2n) is 4.43. The summed E-state index contributed by atoms with van der Waals surface area (Å²) in [5.74, 6) is -1.22. The van der Waals surface area contributed by atoms with Crippen LogP contribution in [0.2, 0.25) is 0 Å². The average molecular weight is 277 g/mol. The van der Waals surface area contributed by atoms with E-state index in [4.69, 9.17) is 9.84 Å². The first-order valence-corrected chi connectivity index (χ1v) is 6.34. The molecular weight excluding hydrogens is 258 g/mol. The number of para-hydroxylation sites is 1. The van der Waals surface area contributed by atoms with E-state index in [0.717, 1.165) is 0 Å². The highest BCUT2D eigenvalue weighted by Crippen LogP contribution is 2.09. The van der Waals surface area contributed by atoms with Gasteiger partial charge in [0.15, 0.2) is 6.61 Å². The highest BCUT2D eigenvalue weighted by atomic mass is 16.5. The summed E-state index contributed by atoms with van der Waals surface area (Å²) in [6, 6.07) is 8.99. The van der Waals surface area contributed by atoms with Gasteiger partial charge < -0.3 is 14.7 Å². The Morgan fingerprint density at radius 3 is 2.60 bits per heavy atom. The molecule has 0 saturated carbocycles. The summed E-state index contributed by atoms with van der Waals surface area (Å²) in [4.78, 5) is 24.3. The summed E-state index contributed by atoms with van der Waals surface area (Å²) in [6.45, 7) is 5.45. The predicted molar refractivity (Wildman–Crippen MR) is 75.5 cm³/mol. The lowest BCUT2D eigenvalue weighted by Gasteiger charge is -2.23. The number of carbonyl (C=O) groups is 2. The van der Waals surface area contributed by atoms with Crippen LogP contribution in [0.3, 0.4) is 0 Å². The third-order valence-corrected chi connectivity index (χ3v) is 2.72. The van der Waals surface area contributed by atoms with Crippen molar-refractivity contribution in [3.63, 3.8) is 0 Å². The van der Waals surface area contributed by atoms with Gasteiger partial charge in [-0.15, -0.1) is 6.58 Å². The van der Waals surface area contributed by atoms with Gasteiger partial charge in [0.2, 0.25) is 0 Å². The van der Waals surface area contributed by atoms with Crippen molar-refractivity contribution in [3.8, 4) is 5.75 Å². The zero-order chi connectivity index (χ0) is 15.0. The molecule has 1 aromatic carbocycles. The molecule has 0 spiro atoms. The van der Waals surface area contributed by atoms with E-state index in [-0.39, 0.29) is 19.1 Å². The van der Waals surface area contributed by atoms with Crippen molar-refractivity contribution >= 4 is 11.9 Å². The Labute approximate surface area is 118 Å². The molecule has 0 radical (unpaired) electrons. The third kappa shape index (κ3) is 5.14. The van der Waals surface area contributed by atoms with E-state index >= 15 is 0 Å². The number of hydrogen-bond acceptors (Lipinski definition) is 3. The highest BCUT2D eigenvalue weighted by Gasteiger charge is 2.19. The molecule has 1 aromatic rings. The smallest absolute Gasteiger partial charge is 0.308 e. The van der Waals surface area contributed by atoms with Crippen LogP contribution in [-0.2, 0) is 9.59 Å². The molecule has 0 aliphatic carbocycles. The molecule has 1 N–H and O–H groups in total. The summed E-state index contributed by atoms with van der Waals surface area (Å²) >= 11 is 0. The number of rotatable bonds is 8. The van der Waals surface area contributed by atoms with Crippen molar-refractivity contribution in [1.29, 1.82) is 0 Å². The van der Waals surface area contributed by atoms with Crippen molar-refractivity contribution in [2.75, 3.05) is 19.7 Å². The molecule has 0 aliphatic rings. The number of aliphatic carboxylic acids is 1. The zero-order valence-corrected chi connectivity index (χ0v) is 11.5. The maximum Gasteiger partial charge on any atom is 0.308 e. The molecular formula is C15H19NO4. The Kier molecular flexibility index (Phi) is 6.29. The van der Waals surface area contributed by atoms with E-state index in [1.54, 1.807) is 25.1 Å². The predicted octanol–water partition coefficient (Wildman–Crippen LogP) is 1.80. The Hall–Kier alpha value is -2.30. The molecule has 0 aromatic heterocycles. The quantitative estimate of drug-likeness (QED) is 0.736. The summed E-state index contributed by atoms with van der Waals surface area (Å²) in [5.41, 5.74) is 0. The largest absolute Gasteiger partial charge is 0.484 e. The van der Waals surface area contributed by atoms with E-state index in [9.17, 15) is 9.59 Å². The number of nitrogens with zero attached hydrogens (tertiary/aromatic N) is 1. The van der Waals surface area contributed by atoms with Crippen LogP contribution in [0, 0.1) is 5.92 Å². The fraction of sp³-hybridized carbons (Fsp3) is 0.333. The summed E-state index contributed by atoms with van der Waals surface area (Å²) in [7, 11) is 0. The van der Waals surface area contributed by atoms with Gasteiger partial charge in [-0.05, 0) is 12.1 Å². The molecule has 0 fully saturated rings. The normalized spacial score (nSPS) is 11.4. The molecule has 20 heavy (non-hydrogen) atoms. The van der Waals surface area contributed by atoms with Crippen molar-refractivity contribution in [1.82, 2.24) is 4.90 Å². The molecule has 1 unspecified atom stereocenters. The van der Waals surface area contributed by atoms with Crippen molar-refractivity contribution < 1.29 is 19.4 Å². The van der Waals surface area contributed by atoms with E-state index in [2.05, 4.69) is 6.58 Å². The molecule has 108 valence electrons. The maximum absolute atomic E-state index is 12.0.